The third-order valence-corrected chi connectivity index (χ3v) is 4.27. The van der Waals surface area contributed by atoms with Crippen molar-refractivity contribution in [1.82, 2.24) is 5.16 Å². The highest BCUT2D eigenvalue weighted by atomic mass is 16.6. The van der Waals surface area contributed by atoms with Gasteiger partial charge in [-0.3, -0.25) is 0 Å². The summed E-state index contributed by atoms with van der Waals surface area (Å²) in [5.74, 6) is 2.55. The molecule has 1 saturated carbocycles. The molecule has 0 unspecified atom stereocenters. The van der Waals surface area contributed by atoms with Crippen molar-refractivity contribution in [1.29, 1.82) is 0 Å². The first-order valence-corrected chi connectivity index (χ1v) is 9.02. The number of oxime groups is 1. The number of aryl methyl sites for hydroxylation is 3. The number of hydrogen-bond donors (Lipinski definition) is 0. The molecular weight excluding hydrogens is 316 g/mol. The molecule has 0 radical (unpaired) electrons. The van der Waals surface area contributed by atoms with E-state index in [1.165, 1.54) is 12.8 Å². The van der Waals surface area contributed by atoms with Gasteiger partial charge in [0.15, 0.2) is 0 Å². The van der Waals surface area contributed by atoms with Gasteiger partial charge in [-0.15, -0.1) is 0 Å². The molecule has 5 nitrogen and oxygen atoms in total. The van der Waals surface area contributed by atoms with E-state index in [1.54, 1.807) is 6.21 Å². The van der Waals surface area contributed by atoms with Crippen LogP contribution in [0.4, 0.5) is 0 Å². The van der Waals surface area contributed by atoms with Gasteiger partial charge in [-0.05, 0) is 68.9 Å². The average Bonchev–Trinajstić information content (AvgIpc) is 3.33. The average molecular weight is 342 g/mol. The van der Waals surface area contributed by atoms with E-state index in [4.69, 9.17) is 14.1 Å². The standard InChI is InChI=1S/C20H26N2O3/c1-4-24-21-13-16-10-14(2)20(15(3)11-16)23-9-5-6-18-12-19(22-25-18)17-7-8-17/h10-13,17H,4-9H2,1-3H3/b21-13+. The Labute approximate surface area is 149 Å². The summed E-state index contributed by atoms with van der Waals surface area (Å²) >= 11 is 0. The van der Waals surface area contributed by atoms with Crippen molar-refractivity contribution < 1.29 is 14.1 Å². The lowest BCUT2D eigenvalue weighted by Gasteiger charge is -2.12. The number of hydrogen-bond acceptors (Lipinski definition) is 5. The van der Waals surface area contributed by atoms with Gasteiger partial charge in [0.05, 0.1) is 18.5 Å². The molecule has 0 atom stereocenters. The Balaban J connectivity index is 1.50. The van der Waals surface area contributed by atoms with E-state index in [9.17, 15) is 0 Å². The normalized spacial score (nSPS) is 14.2. The molecule has 0 spiro atoms. The monoisotopic (exact) mass is 342 g/mol. The molecular formula is C20H26N2O3. The predicted octanol–water partition coefficient (Wildman–Crippen LogP) is 4.55. The van der Waals surface area contributed by atoms with Crippen LogP contribution in [0, 0.1) is 13.8 Å². The van der Waals surface area contributed by atoms with Crippen molar-refractivity contribution in [3.8, 4) is 5.75 Å². The zero-order valence-corrected chi connectivity index (χ0v) is 15.2. The highest BCUT2D eigenvalue weighted by molar-refractivity contribution is 5.80. The number of nitrogens with zero attached hydrogens (tertiary/aromatic N) is 2. The van der Waals surface area contributed by atoms with Crippen molar-refractivity contribution in [2.45, 2.75) is 52.4 Å². The van der Waals surface area contributed by atoms with Crippen LogP contribution in [-0.4, -0.2) is 24.6 Å². The zero-order valence-electron chi connectivity index (χ0n) is 15.2. The summed E-state index contributed by atoms with van der Waals surface area (Å²) in [4.78, 5) is 5.01. The van der Waals surface area contributed by atoms with E-state index in [-0.39, 0.29) is 0 Å². The van der Waals surface area contributed by atoms with Crippen molar-refractivity contribution in [2.24, 2.45) is 5.16 Å². The summed E-state index contributed by atoms with van der Waals surface area (Å²) in [6, 6.07) is 6.22. The van der Waals surface area contributed by atoms with Gasteiger partial charge in [-0.25, -0.2) is 0 Å². The van der Waals surface area contributed by atoms with E-state index < -0.39 is 0 Å². The van der Waals surface area contributed by atoms with Crippen LogP contribution in [0.25, 0.3) is 0 Å². The molecule has 1 aromatic carbocycles. The number of benzene rings is 1. The molecule has 1 heterocycles. The van der Waals surface area contributed by atoms with Crippen LogP contribution in [0.1, 0.15) is 60.2 Å². The minimum absolute atomic E-state index is 0.572. The zero-order chi connectivity index (χ0) is 17.6. The Kier molecular flexibility index (Phi) is 5.74. The first kappa shape index (κ1) is 17.5. The summed E-state index contributed by atoms with van der Waals surface area (Å²) in [6.07, 6.45) is 6.00. The van der Waals surface area contributed by atoms with Gasteiger partial charge in [0.2, 0.25) is 0 Å². The molecule has 0 bridgehead atoms. The fraction of sp³-hybridized carbons (Fsp3) is 0.500. The number of rotatable bonds is 9. The molecule has 0 saturated heterocycles. The molecule has 1 aliphatic carbocycles. The predicted molar refractivity (Wildman–Crippen MR) is 97.4 cm³/mol. The molecule has 5 heteroatoms. The van der Waals surface area contributed by atoms with Crippen LogP contribution in [0.15, 0.2) is 27.9 Å². The van der Waals surface area contributed by atoms with E-state index in [1.807, 2.05) is 6.92 Å². The Bertz CT molecular complexity index is 709. The highest BCUT2D eigenvalue weighted by Gasteiger charge is 2.26. The van der Waals surface area contributed by atoms with E-state index in [0.29, 0.717) is 19.1 Å². The number of ether oxygens (including phenoxy) is 1. The molecule has 134 valence electrons. The van der Waals surface area contributed by atoms with Crippen LogP contribution in [-0.2, 0) is 11.3 Å². The third-order valence-electron chi connectivity index (χ3n) is 4.27. The summed E-state index contributed by atoms with van der Waals surface area (Å²) in [5.41, 5.74) is 4.35. The minimum Gasteiger partial charge on any atom is -0.493 e. The summed E-state index contributed by atoms with van der Waals surface area (Å²) in [6.45, 7) is 7.25. The topological polar surface area (TPSA) is 56.9 Å². The van der Waals surface area contributed by atoms with Crippen LogP contribution in [0.3, 0.4) is 0 Å². The molecule has 1 fully saturated rings. The lowest BCUT2D eigenvalue weighted by molar-refractivity contribution is 0.160. The summed E-state index contributed by atoms with van der Waals surface area (Å²) in [5, 5.41) is 8.06. The van der Waals surface area contributed by atoms with Gasteiger partial charge in [-0.1, -0.05) is 10.3 Å². The molecule has 1 aliphatic rings. The molecule has 2 aromatic rings. The maximum absolute atomic E-state index is 6.00. The molecule has 3 rings (SSSR count). The van der Waals surface area contributed by atoms with E-state index in [2.05, 4.69) is 42.4 Å². The van der Waals surface area contributed by atoms with Gasteiger partial charge in [0.25, 0.3) is 0 Å². The smallest absolute Gasteiger partial charge is 0.137 e. The molecule has 25 heavy (non-hydrogen) atoms. The van der Waals surface area contributed by atoms with Gasteiger partial charge < -0.3 is 14.1 Å². The largest absolute Gasteiger partial charge is 0.493 e. The Morgan fingerprint density at radius 1 is 1.24 bits per heavy atom. The van der Waals surface area contributed by atoms with Crippen LogP contribution in [0.5, 0.6) is 5.75 Å². The van der Waals surface area contributed by atoms with Crippen LogP contribution in [0.2, 0.25) is 0 Å². The molecule has 0 aliphatic heterocycles. The van der Waals surface area contributed by atoms with Crippen LogP contribution >= 0.6 is 0 Å². The molecule has 1 aromatic heterocycles. The van der Waals surface area contributed by atoms with Gasteiger partial charge in [0, 0.05) is 18.4 Å². The van der Waals surface area contributed by atoms with Crippen molar-refractivity contribution in [2.75, 3.05) is 13.2 Å². The minimum atomic E-state index is 0.572. The fourth-order valence-electron chi connectivity index (χ4n) is 2.90. The van der Waals surface area contributed by atoms with Crippen molar-refractivity contribution >= 4 is 6.21 Å². The van der Waals surface area contributed by atoms with E-state index in [0.717, 1.165) is 46.7 Å². The van der Waals surface area contributed by atoms with Crippen LogP contribution < -0.4 is 4.74 Å². The first-order valence-electron chi connectivity index (χ1n) is 9.02. The fourth-order valence-corrected chi connectivity index (χ4v) is 2.90. The van der Waals surface area contributed by atoms with Gasteiger partial charge in [-0.2, -0.15) is 0 Å². The molecule has 0 N–H and O–H groups in total. The first-order chi connectivity index (χ1) is 12.2. The maximum atomic E-state index is 6.00. The SMILES string of the molecule is CCO/N=C/c1cc(C)c(OCCCc2cc(C3CC3)no2)c(C)c1. The summed E-state index contributed by atoms with van der Waals surface area (Å²) in [7, 11) is 0. The van der Waals surface area contributed by atoms with Crippen molar-refractivity contribution in [3.05, 3.63) is 46.3 Å². The van der Waals surface area contributed by atoms with Crippen molar-refractivity contribution in [3.63, 3.8) is 0 Å². The lowest BCUT2D eigenvalue weighted by atomic mass is 10.1. The van der Waals surface area contributed by atoms with Gasteiger partial charge >= 0.3 is 0 Å². The Morgan fingerprint density at radius 3 is 2.68 bits per heavy atom. The second-order valence-corrected chi connectivity index (χ2v) is 6.58. The second-order valence-electron chi connectivity index (χ2n) is 6.58. The second kappa shape index (κ2) is 8.19. The Hall–Kier alpha value is -2.30. The molecule has 0 amide bonds. The maximum Gasteiger partial charge on any atom is 0.137 e. The highest BCUT2D eigenvalue weighted by Crippen LogP contribution is 2.39. The van der Waals surface area contributed by atoms with E-state index >= 15 is 0 Å². The Morgan fingerprint density at radius 2 is 2.00 bits per heavy atom. The van der Waals surface area contributed by atoms with Gasteiger partial charge in [0.1, 0.15) is 18.1 Å². The quantitative estimate of drug-likeness (QED) is 0.381. The summed E-state index contributed by atoms with van der Waals surface area (Å²) < 4.78 is 11.4. The number of aromatic nitrogens is 1. The lowest BCUT2D eigenvalue weighted by Crippen LogP contribution is -2.03. The third kappa shape index (κ3) is 4.84.